The van der Waals surface area contributed by atoms with E-state index in [0.29, 0.717) is 5.92 Å². The molecule has 1 amide bonds. The van der Waals surface area contributed by atoms with E-state index in [2.05, 4.69) is 36.7 Å². The number of amides is 1. The van der Waals surface area contributed by atoms with Crippen molar-refractivity contribution >= 4 is 17.2 Å². The Morgan fingerprint density at radius 1 is 1.73 bits per heavy atom. The smallest absolute Gasteiger partial charge is 0.223 e. The number of nitrogens with one attached hydrogen (secondary N) is 1. The molecule has 1 heterocycles. The number of rotatable bonds is 4. The molecule has 0 bridgehead atoms. The van der Waals surface area contributed by atoms with Crippen LogP contribution in [0.2, 0.25) is 0 Å². The molecule has 1 aromatic heterocycles. The number of thiophene rings is 1. The van der Waals surface area contributed by atoms with E-state index in [4.69, 9.17) is 0 Å². The van der Waals surface area contributed by atoms with Gasteiger partial charge in [0.1, 0.15) is 0 Å². The first-order valence-electron chi connectivity index (χ1n) is 5.49. The first-order valence-corrected chi connectivity index (χ1v) is 6.37. The Kier molecular flexibility index (Phi) is 3.10. The van der Waals surface area contributed by atoms with Crippen LogP contribution in [0.5, 0.6) is 0 Å². The molecule has 1 saturated carbocycles. The van der Waals surface area contributed by atoms with Crippen molar-refractivity contribution in [2.75, 3.05) is 0 Å². The van der Waals surface area contributed by atoms with E-state index in [0.717, 1.165) is 12.8 Å². The zero-order valence-corrected chi connectivity index (χ0v) is 10.0. The third-order valence-corrected chi connectivity index (χ3v) is 3.82. The average molecular weight is 223 g/mol. The van der Waals surface area contributed by atoms with Crippen molar-refractivity contribution in [3.63, 3.8) is 0 Å². The van der Waals surface area contributed by atoms with Crippen LogP contribution in [0.15, 0.2) is 17.5 Å². The van der Waals surface area contributed by atoms with Crippen molar-refractivity contribution in [3.05, 3.63) is 22.4 Å². The Hall–Kier alpha value is -0.830. The molecule has 1 N–H and O–H groups in total. The zero-order chi connectivity index (χ0) is 10.8. The van der Waals surface area contributed by atoms with Crippen LogP contribution in [0.1, 0.15) is 25.1 Å². The maximum absolute atomic E-state index is 11.6. The molecule has 0 aliphatic heterocycles. The molecule has 15 heavy (non-hydrogen) atoms. The Labute approximate surface area is 94.7 Å². The lowest BCUT2D eigenvalue weighted by atomic mass is 10.2. The van der Waals surface area contributed by atoms with Gasteiger partial charge < -0.3 is 5.32 Å². The molecule has 0 radical (unpaired) electrons. The van der Waals surface area contributed by atoms with E-state index in [9.17, 15) is 4.79 Å². The third-order valence-electron chi connectivity index (χ3n) is 2.92. The predicted molar refractivity (Wildman–Crippen MR) is 62.9 cm³/mol. The molecule has 1 aliphatic carbocycles. The van der Waals surface area contributed by atoms with Gasteiger partial charge in [-0.3, -0.25) is 4.79 Å². The van der Waals surface area contributed by atoms with E-state index in [1.807, 2.05) is 0 Å². The summed E-state index contributed by atoms with van der Waals surface area (Å²) in [4.78, 5) is 13.0. The van der Waals surface area contributed by atoms with Crippen LogP contribution in [-0.2, 0) is 11.2 Å². The van der Waals surface area contributed by atoms with Crippen molar-refractivity contribution in [2.45, 2.75) is 32.7 Å². The van der Waals surface area contributed by atoms with Crippen LogP contribution in [-0.4, -0.2) is 11.9 Å². The van der Waals surface area contributed by atoms with Gasteiger partial charge in [-0.05, 0) is 30.7 Å². The predicted octanol–water partition coefficient (Wildman–Crippen LogP) is 2.45. The molecule has 82 valence electrons. The van der Waals surface area contributed by atoms with Crippen molar-refractivity contribution in [1.29, 1.82) is 0 Å². The minimum atomic E-state index is 0.242. The van der Waals surface area contributed by atoms with E-state index in [1.54, 1.807) is 11.3 Å². The summed E-state index contributed by atoms with van der Waals surface area (Å²) in [5.41, 5.74) is 0. The van der Waals surface area contributed by atoms with Crippen molar-refractivity contribution in [1.82, 2.24) is 5.32 Å². The van der Waals surface area contributed by atoms with E-state index < -0.39 is 0 Å². The lowest BCUT2D eigenvalue weighted by molar-refractivity contribution is -0.123. The molecule has 2 nitrogen and oxygen atoms in total. The summed E-state index contributed by atoms with van der Waals surface area (Å²) >= 11 is 1.75. The van der Waals surface area contributed by atoms with Gasteiger partial charge in [-0.15, -0.1) is 11.3 Å². The largest absolute Gasteiger partial charge is 0.353 e. The minimum Gasteiger partial charge on any atom is -0.353 e. The molecule has 2 rings (SSSR count). The molecule has 3 heteroatoms. The van der Waals surface area contributed by atoms with E-state index in [1.165, 1.54) is 4.88 Å². The standard InChI is InChI=1S/C12H17NOS/c1-8-6-11(8)12(14)13-9(2)7-10-4-3-5-15-10/h3-5,8-9,11H,6-7H2,1-2H3,(H,13,14). The van der Waals surface area contributed by atoms with Gasteiger partial charge in [-0.25, -0.2) is 0 Å². The average Bonchev–Trinajstić information content (AvgIpc) is 2.70. The number of carbonyl (C=O) groups excluding carboxylic acids is 1. The molecule has 0 saturated heterocycles. The highest BCUT2D eigenvalue weighted by Crippen LogP contribution is 2.37. The lowest BCUT2D eigenvalue weighted by Crippen LogP contribution is -2.35. The SMILES string of the molecule is CC(Cc1cccs1)NC(=O)C1CC1C. The molecule has 1 fully saturated rings. The number of hydrogen-bond donors (Lipinski definition) is 1. The molecule has 0 aromatic carbocycles. The summed E-state index contributed by atoms with van der Waals surface area (Å²) in [6.45, 7) is 4.21. The Bertz CT molecular complexity index is 333. The van der Waals surface area contributed by atoms with Gasteiger partial charge in [0, 0.05) is 23.3 Å². The second kappa shape index (κ2) is 4.35. The van der Waals surface area contributed by atoms with Crippen molar-refractivity contribution in [2.24, 2.45) is 11.8 Å². The normalized spacial score (nSPS) is 26.0. The Balaban J connectivity index is 1.77. The van der Waals surface area contributed by atoms with Crippen molar-refractivity contribution < 1.29 is 4.79 Å². The maximum atomic E-state index is 11.6. The molecular weight excluding hydrogens is 206 g/mol. The van der Waals surface area contributed by atoms with Crippen LogP contribution in [0, 0.1) is 11.8 Å². The zero-order valence-electron chi connectivity index (χ0n) is 9.19. The molecule has 1 aromatic rings. The second-order valence-electron chi connectivity index (χ2n) is 4.51. The summed E-state index contributed by atoms with van der Waals surface area (Å²) < 4.78 is 0. The third kappa shape index (κ3) is 2.81. The van der Waals surface area contributed by atoms with E-state index in [-0.39, 0.29) is 17.9 Å². The van der Waals surface area contributed by atoms with Gasteiger partial charge in [0.15, 0.2) is 0 Å². The van der Waals surface area contributed by atoms with Gasteiger partial charge in [-0.2, -0.15) is 0 Å². The summed E-state index contributed by atoms with van der Waals surface area (Å²) in [6.07, 6.45) is 2.02. The highest BCUT2D eigenvalue weighted by Gasteiger charge is 2.39. The van der Waals surface area contributed by atoms with Crippen LogP contribution in [0.3, 0.4) is 0 Å². The topological polar surface area (TPSA) is 29.1 Å². The molecular formula is C12H17NOS. The van der Waals surface area contributed by atoms with Crippen LogP contribution in [0.25, 0.3) is 0 Å². The summed E-state index contributed by atoms with van der Waals surface area (Å²) in [5, 5.41) is 5.15. The summed E-state index contributed by atoms with van der Waals surface area (Å²) in [5.74, 6) is 1.13. The van der Waals surface area contributed by atoms with Crippen LogP contribution in [0.4, 0.5) is 0 Å². The van der Waals surface area contributed by atoms with Crippen molar-refractivity contribution in [3.8, 4) is 0 Å². The second-order valence-corrected chi connectivity index (χ2v) is 5.54. The van der Waals surface area contributed by atoms with Gasteiger partial charge in [0.05, 0.1) is 0 Å². The fourth-order valence-electron chi connectivity index (χ4n) is 1.82. The Morgan fingerprint density at radius 3 is 3.00 bits per heavy atom. The van der Waals surface area contributed by atoms with Gasteiger partial charge in [-0.1, -0.05) is 13.0 Å². The number of carbonyl (C=O) groups is 1. The summed E-state index contributed by atoms with van der Waals surface area (Å²) in [7, 11) is 0. The maximum Gasteiger partial charge on any atom is 0.223 e. The molecule has 3 atom stereocenters. The Morgan fingerprint density at radius 2 is 2.47 bits per heavy atom. The highest BCUT2D eigenvalue weighted by atomic mass is 32.1. The quantitative estimate of drug-likeness (QED) is 0.834. The fourth-order valence-corrected chi connectivity index (χ4v) is 2.65. The fraction of sp³-hybridized carbons (Fsp3) is 0.583. The molecule has 1 aliphatic rings. The lowest BCUT2D eigenvalue weighted by Gasteiger charge is -2.12. The van der Waals surface area contributed by atoms with Gasteiger partial charge >= 0.3 is 0 Å². The first-order chi connectivity index (χ1) is 7.16. The van der Waals surface area contributed by atoms with Crippen LogP contribution >= 0.6 is 11.3 Å². The molecule has 3 unspecified atom stereocenters. The van der Waals surface area contributed by atoms with Gasteiger partial charge in [0.25, 0.3) is 0 Å². The van der Waals surface area contributed by atoms with Crippen LogP contribution < -0.4 is 5.32 Å². The monoisotopic (exact) mass is 223 g/mol. The molecule has 0 spiro atoms. The minimum absolute atomic E-state index is 0.242. The van der Waals surface area contributed by atoms with E-state index >= 15 is 0 Å². The highest BCUT2D eigenvalue weighted by molar-refractivity contribution is 7.09. The van der Waals surface area contributed by atoms with Gasteiger partial charge in [0.2, 0.25) is 5.91 Å². The first kappa shape index (κ1) is 10.7. The summed E-state index contributed by atoms with van der Waals surface area (Å²) in [6, 6.07) is 4.42. The number of hydrogen-bond acceptors (Lipinski definition) is 2.